The Hall–Kier alpha value is -2.62. The molecule has 0 saturated carbocycles. The average Bonchev–Trinajstić information content (AvgIpc) is 2.37. The van der Waals surface area contributed by atoms with Crippen molar-refractivity contribution in [1.29, 1.82) is 5.26 Å². The number of ether oxygens (including phenoxy) is 2. The number of nitrogens with two attached hydrogens (primary N) is 1. The van der Waals surface area contributed by atoms with Gasteiger partial charge in [0, 0.05) is 0 Å². The first-order valence-electron chi connectivity index (χ1n) is 4.49. The van der Waals surface area contributed by atoms with Crippen molar-refractivity contribution < 1.29 is 14.3 Å². The molecule has 7 nitrogen and oxygen atoms in total. The molecule has 88 valence electrons. The number of carbonyl (C=O) groups is 1. The molecule has 0 radical (unpaired) electrons. The lowest BCUT2D eigenvalue weighted by molar-refractivity contribution is 0.0601. The van der Waals surface area contributed by atoms with Crippen LogP contribution in [0.2, 0.25) is 0 Å². The summed E-state index contributed by atoms with van der Waals surface area (Å²) < 4.78 is 9.55. The van der Waals surface area contributed by atoms with E-state index in [2.05, 4.69) is 15.1 Å². The summed E-state index contributed by atoms with van der Waals surface area (Å²) in [7, 11) is 2.59. The van der Waals surface area contributed by atoms with Crippen LogP contribution in [0.4, 0.5) is 5.69 Å². The van der Waals surface area contributed by atoms with Crippen molar-refractivity contribution in [2.75, 3.05) is 14.2 Å². The van der Waals surface area contributed by atoms with E-state index in [-0.39, 0.29) is 22.6 Å². The lowest BCUT2D eigenvalue weighted by Crippen LogP contribution is -2.06. The van der Waals surface area contributed by atoms with E-state index in [4.69, 9.17) is 15.8 Å². The summed E-state index contributed by atoms with van der Waals surface area (Å²) in [6, 6.07) is 4.82. The van der Waals surface area contributed by atoms with Crippen LogP contribution in [0.3, 0.4) is 0 Å². The molecule has 0 atom stereocenters. The molecular weight excluding hydrogens is 224 g/mol. The number of esters is 1. The number of benzene rings is 1. The van der Waals surface area contributed by atoms with Crippen LogP contribution in [0.25, 0.3) is 0 Å². The molecule has 0 aliphatic heterocycles. The van der Waals surface area contributed by atoms with Gasteiger partial charge in [0.2, 0.25) is 0 Å². The highest BCUT2D eigenvalue weighted by Gasteiger charge is 2.21. The molecule has 0 amide bonds. The summed E-state index contributed by atoms with van der Waals surface area (Å²) in [5.41, 5.74) is 0.157. The number of hydrogen-bond acceptors (Lipinski definition) is 6. The van der Waals surface area contributed by atoms with Crippen LogP contribution in [-0.4, -0.2) is 20.2 Å². The molecule has 1 aromatic rings. The Kier molecular flexibility index (Phi) is 4.00. The number of carbonyl (C=O) groups excluding carboxylic acids is 1. The van der Waals surface area contributed by atoms with E-state index in [0.717, 1.165) is 0 Å². The Labute approximate surface area is 97.4 Å². The van der Waals surface area contributed by atoms with Crippen LogP contribution in [0.5, 0.6) is 5.75 Å². The van der Waals surface area contributed by atoms with Gasteiger partial charge in [-0.3, -0.25) is 0 Å². The molecule has 0 unspecified atom stereocenters. The number of rotatable bonds is 3. The zero-order valence-electron chi connectivity index (χ0n) is 9.30. The maximum Gasteiger partial charge on any atom is 0.341 e. The predicted molar refractivity (Wildman–Crippen MR) is 57.8 cm³/mol. The Morgan fingerprint density at radius 2 is 2.18 bits per heavy atom. The van der Waals surface area contributed by atoms with Gasteiger partial charge in [-0.2, -0.15) is 5.26 Å². The van der Waals surface area contributed by atoms with Gasteiger partial charge in [-0.15, -0.1) is 5.11 Å². The molecule has 0 heterocycles. The quantitative estimate of drug-likeness (QED) is 0.367. The molecule has 0 bridgehead atoms. The second-order valence-electron chi connectivity index (χ2n) is 2.86. The predicted octanol–water partition coefficient (Wildman–Crippen LogP) is 1.31. The standard InChI is InChI=1S/C10H10N4O3/c1-16-8-4-3-7(13-14-12)9(6(8)5-11)10(15)17-2/h3-4H,1-2H3,(H2,12,13). The van der Waals surface area contributed by atoms with Crippen molar-refractivity contribution in [1.82, 2.24) is 0 Å². The Balaban J connectivity index is 3.57. The SMILES string of the molecule is COC(=O)c1c(N=NN)ccc(OC)c1C#N. The first kappa shape index (κ1) is 12.4. The molecule has 0 spiro atoms. The van der Waals surface area contributed by atoms with Crippen LogP contribution in [0.1, 0.15) is 15.9 Å². The minimum atomic E-state index is -0.706. The summed E-state index contributed by atoms with van der Waals surface area (Å²) in [5.74, 6) is 4.47. The second-order valence-corrected chi connectivity index (χ2v) is 2.86. The third-order valence-corrected chi connectivity index (χ3v) is 2.03. The van der Waals surface area contributed by atoms with Gasteiger partial charge in [0.15, 0.2) is 0 Å². The molecule has 0 aromatic heterocycles. The second kappa shape index (κ2) is 5.46. The Morgan fingerprint density at radius 3 is 2.65 bits per heavy atom. The van der Waals surface area contributed by atoms with Crippen LogP contribution >= 0.6 is 0 Å². The van der Waals surface area contributed by atoms with Crippen molar-refractivity contribution in [3.63, 3.8) is 0 Å². The van der Waals surface area contributed by atoms with Crippen LogP contribution in [0.15, 0.2) is 22.5 Å². The molecule has 0 aliphatic rings. The van der Waals surface area contributed by atoms with Gasteiger partial charge in [0.1, 0.15) is 28.6 Å². The van der Waals surface area contributed by atoms with Gasteiger partial charge < -0.3 is 15.3 Å². The minimum Gasteiger partial charge on any atom is -0.495 e. The third-order valence-electron chi connectivity index (χ3n) is 2.03. The molecule has 0 saturated heterocycles. The average molecular weight is 234 g/mol. The normalized spacial score (nSPS) is 9.94. The van der Waals surface area contributed by atoms with E-state index in [9.17, 15) is 4.79 Å². The summed E-state index contributed by atoms with van der Waals surface area (Å²) >= 11 is 0. The fourth-order valence-electron chi connectivity index (χ4n) is 1.31. The Bertz CT molecular complexity index is 505. The zero-order valence-corrected chi connectivity index (χ0v) is 9.30. The molecule has 17 heavy (non-hydrogen) atoms. The first-order valence-corrected chi connectivity index (χ1v) is 4.49. The van der Waals surface area contributed by atoms with Gasteiger partial charge in [-0.25, -0.2) is 4.79 Å². The molecular formula is C10H10N4O3. The highest BCUT2D eigenvalue weighted by molar-refractivity contribution is 5.98. The van der Waals surface area contributed by atoms with Crippen molar-refractivity contribution in [3.05, 3.63) is 23.3 Å². The maximum atomic E-state index is 11.6. The van der Waals surface area contributed by atoms with E-state index in [1.807, 2.05) is 6.07 Å². The van der Waals surface area contributed by atoms with Gasteiger partial charge in [-0.1, -0.05) is 5.22 Å². The highest BCUT2D eigenvalue weighted by Crippen LogP contribution is 2.30. The third kappa shape index (κ3) is 2.31. The molecule has 7 heteroatoms. The molecule has 0 fully saturated rings. The van der Waals surface area contributed by atoms with E-state index >= 15 is 0 Å². The van der Waals surface area contributed by atoms with Gasteiger partial charge in [-0.05, 0) is 12.1 Å². The largest absolute Gasteiger partial charge is 0.495 e. The van der Waals surface area contributed by atoms with Crippen LogP contribution < -0.4 is 10.6 Å². The van der Waals surface area contributed by atoms with E-state index in [0.29, 0.717) is 0 Å². The summed E-state index contributed by atoms with van der Waals surface area (Å²) in [5, 5.41) is 15.7. The van der Waals surface area contributed by atoms with Crippen LogP contribution in [0, 0.1) is 11.3 Å². The molecule has 2 N–H and O–H groups in total. The van der Waals surface area contributed by atoms with E-state index in [1.54, 1.807) is 0 Å². The summed E-state index contributed by atoms with van der Waals surface area (Å²) in [6.45, 7) is 0. The number of methoxy groups -OCH3 is 2. The van der Waals surface area contributed by atoms with Gasteiger partial charge >= 0.3 is 5.97 Å². The zero-order chi connectivity index (χ0) is 12.8. The maximum absolute atomic E-state index is 11.6. The lowest BCUT2D eigenvalue weighted by Gasteiger charge is -2.08. The Morgan fingerprint density at radius 1 is 1.47 bits per heavy atom. The molecule has 0 aliphatic carbocycles. The lowest BCUT2D eigenvalue weighted by atomic mass is 10.1. The van der Waals surface area contributed by atoms with E-state index < -0.39 is 5.97 Å². The van der Waals surface area contributed by atoms with Crippen molar-refractivity contribution in [2.24, 2.45) is 16.2 Å². The topological polar surface area (TPSA) is 110 Å². The fourth-order valence-corrected chi connectivity index (χ4v) is 1.31. The van der Waals surface area contributed by atoms with Crippen molar-refractivity contribution in [2.45, 2.75) is 0 Å². The monoisotopic (exact) mass is 234 g/mol. The highest BCUT2D eigenvalue weighted by atomic mass is 16.5. The van der Waals surface area contributed by atoms with Crippen molar-refractivity contribution >= 4 is 11.7 Å². The number of nitriles is 1. The summed E-state index contributed by atoms with van der Waals surface area (Å²) in [4.78, 5) is 11.6. The molecule has 1 aromatic carbocycles. The fraction of sp³-hybridized carbons (Fsp3) is 0.200. The number of nitrogens with zero attached hydrogens (tertiary/aromatic N) is 3. The first-order chi connectivity index (χ1) is 8.19. The molecule has 1 rings (SSSR count). The van der Waals surface area contributed by atoms with Gasteiger partial charge in [0.25, 0.3) is 0 Å². The van der Waals surface area contributed by atoms with Crippen LogP contribution in [-0.2, 0) is 4.74 Å². The summed E-state index contributed by atoms with van der Waals surface area (Å²) in [6.07, 6.45) is 0. The van der Waals surface area contributed by atoms with E-state index in [1.165, 1.54) is 26.4 Å². The smallest absolute Gasteiger partial charge is 0.341 e. The number of hydrogen-bond donors (Lipinski definition) is 1. The van der Waals surface area contributed by atoms with Crippen molar-refractivity contribution in [3.8, 4) is 11.8 Å². The van der Waals surface area contributed by atoms with Gasteiger partial charge in [0.05, 0.1) is 14.2 Å². The minimum absolute atomic E-state index is 0.0245.